The van der Waals surface area contributed by atoms with Crippen molar-refractivity contribution in [2.24, 2.45) is 0 Å². The first kappa shape index (κ1) is 10.7. The van der Waals surface area contributed by atoms with Crippen molar-refractivity contribution >= 4 is 0 Å². The smallest absolute Gasteiger partial charge is 0.00103 e. The highest BCUT2D eigenvalue weighted by atomic mass is 14.9. The Balaban J connectivity index is 3.08. The molecule has 11 heavy (non-hydrogen) atoms. The summed E-state index contributed by atoms with van der Waals surface area (Å²) in [5.74, 6) is 0. The maximum Gasteiger partial charge on any atom is 0.00103 e. The average Bonchev–Trinajstić information content (AvgIpc) is 1.97. The van der Waals surface area contributed by atoms with Gasteiger partial charge in [0, 0.05) is 6.04 Å². The normalized spacial score (nSPS) is 10.5. The van der Waals surface area contributed by atoms with Crippen molar-refractivity contribution in [3.8, 4) is 0 Å². The van der Waals surface area contributed by atoms with E-state index in [4.69, 9.17) is 0 Å². The molecule has 0 aliphatic rings. The standard InChI is InChI=1S/C10H21N/c1-5-10(4)7-6-8-11-9(2)3/h9,11H,4-8H2,1-3H3. The fourth-order valence-electron chi connectivity index (χ4n) is 0.906. The molecule has 0 rings (SSSR count). The number of rotatable bonds is 6. The summed E-state index contributed by atoms with van der Waals surface area (Å²) in [5.41, 5.74) is 1.37. The first-order chi connectivity index (χ1) is 5.16. The van der Waals surface area contributed by atoms with Crippen LogP contribution < -0.4 is 5.32 Å². The third-order valence-electron chi connectivity index (χ3n) is 1.76. The Bertz CT molecular complexity index is 105. The maximum absolute atomic E-state index is 3.96. The van der Waals surface area contributed by atoms with Gasteiger partial charge in [0.05, 0.1) is 0 Å². The van der Waals surface area contributed by atoms with Gasteiger partial charge < -0.3 is 5.32 Å². The topological polar surface area (TPSA) is 12.0 Å². The molecule has 0 saturated carbocycles. The molecule has 0 aliphatic carbocycles. The molecule has 0 unspecified atom stereocenters. The van der Waals surface area contributed by atoms with Gasteiger partial charge in [-0.3, -0.25) is 0 Å². The summed E-state index contributed by atoms with van der Waals surface area (Å²) in [6, 6.07) is 0.616. The van der Waals surface area contributed by atoms with Crippen LogP contribution in [0.25, 0.3) is 0 Å². The third-order valence-corrected chi connectivity index (χ3v) is 1.76. The highest BCUT2D eigenvalue weighted by Gasteiger charge is 1.93. The lowest BCUT2D eigenvalue weighted by atomic mass is 10.1. The molecule has 0 aromatic heterocycles. The molecule has 0 saturated heterocycles. The first-order valence-corrected chi connectivity index (χ1v) is 4.56. The van der Waals surface area contributed by atoms with Crippen LogP contribution in [-0.2, 0) is 0 Å². The van der Waals surface area contributed by atoms with Crippen LogP contribution in [-0.4, -0.2) is 12.6 Å². The Labute approximate surface area is 70.9 Å². The van der Waals surface area contributed by atoms with Crippen LogP contribution >= 0.6 is 0 Å². The molecule has 0 spiro atoms. The van der Waals surface area contributed by atoms with Crippen molar-refractivity contribution in [2.75, 3.05) is 6.54 Å². The van der Waals surface area contributed by atoms with Gasteiger partial charge in [0.1, 0.15) is 0 Å². The zero-order valence-electron chi connectivity index (χ0n) is 8.11. The quantitative estimate of drug-likeness (QED) is 0.459. The number of nitrogens with one attached hydrogen (secondary N) is 1. The number of hydrogen-bond acceptors (Lipinski definition) is 1. The predicted molar refractivity (Wildman–Crippen MR) is 51.8 cm³/mol. The maximum atomic E-state index is 3.96. The van der Waals surface area contributed by atoms with Crippen LogP contribution in [0.15, 0.2) is 12.2 Å². The van der Waals surface area contributed by atoms with Crippen LogP contribution in [0, 0.1) is 0 Å². The number of allylic oxidation sites excluding steroid dienone is 1. The monoisotopic (exact) mass is 155 g/mol. The van der Waals surface area contributed by atoms with Gasteiger partial charge in [-0.1, -0.05) is 32.9 Å². The van der Waals surface area contributed by atoms with E-state index in [1.807, 2.05) is 0 Å². The minimum absolute atomic E-state index is 0.616. The predicted octanol–water partition coefficient (Wildman–Crippen LogP) is 2.73. The Morgan fingerprint density at radius 1 is 1.45 bits per heavy atom. The second-order valence-electron chi connectivity index (χ2n) is 3.32. The molecule has 66 valence electrons. The molecule has 1 N–H and O–H groups in total. The molecule has 0 aromatic carbocycles. The summed E-state index contributed by atoms with van der Waals surface area (Å²) >= 11 is 0. The van der Waals surface area contributed by atoms with E-state index in [0.717, 1.165) is 13.0 Å². The van der Waals surface area contributed by atoms with Crippen LogP contribution in [0.1, 0.15) is 40.0 Å². The summed E-state index contributed by atoms with van der Waals surface area (Å²) in [6.07, 6.45) is 3.53. The average molecular weight is 155 g/mol. The first-order valence-electron chi connectivity index (χ1n) is 4.56. The Hall–Kier alpha value is -0.300. The summed E-state index contributed by atoms with van der Waals surface area (Å²) in [4.78, 5) is 0. The molecule has 0 amide bonds. The molecule has 1 nitrogen and oxygen atoms in total. The van der Waals surface area contributed by atoms with Gasteiger partial charge >= 0.3 is 0 Å². The van der Waals surface area contributed by atoms with E-state index in [9.17, 15) is 0 Å². The molecule has 0 heterocycles. The highest BCUT2D eigenvalue weighted by Crippen LogP contribution is 2.04. The van der Waals surface area contributed by atoms with Gasteiger partial charge in [-0.05, 0) is 25.8 Å². The molecular weight excluding hydrogens is 134 g/mol. The summed E-state index contributed by atoms with van der Waals surface area (Å²) < 4.78 is 0. The second-order valence-corrected chi connectivity index (χ2v) is 3.32. The second kappa shape index (κ2) is 6.41. The SMILES string of the molecule is C=C(CC)CCCNC(C)C. The van der Waals surface area contributed by atoms with Crippen LogP contribution in [0.2, 0.25) is 0 Å². The van der Waals surface area contributed by atoms with E-state index >= 15 is 0 Å². The Morgan fingerprint density at radius 3 is 2.55 bits per heavy atom. The van der Waals surface area contributed by atoms with Crippen molar-refractivity contribution in [2.45, 2.75) is 46.1 Å². The van der Waals surface area contributed by atoms with Crippen molar-refractivity contribution in [3.05, 3.63) is 12.2 Å². The van der Waals surface area contributed by atoms with Crippen molar-refractivity contribution in [1.82, 2.24) is 5.32 Å². The van der Waals surface area contributed by atoms with Gasteiger partial charge in [0.25, 0.3) is 0 Å². The summed E-state index contributed by atoms with van der Waals surface area (Å²) in [6.45, 7) is 11.6. The van der Waals surface area contributed by atoms with E-state index in [1.165, 1.54) is 18.4 Å². The minimum atomic E-state index is 0.616. The minimum Gasteiger partial charge on any atom is -0.315 e. The lowest BCUT2D eigenvalue weighted by Gasteiger charge is -2.07. The van der Waals surface area contributed by atoms with Crippen molar-refractivity contribution < 1.29 is 0 Å². The molecule has 0 fully saturated rings. The molecule has 0 aliphatic heterocycles. The molecule has 1 heteroatoms. The largest absolute Gasteiger partial charge is 0.315 e. The number of hydrogen-bond donors (Lipinski definition) is 1. The lowest BCUT2D eigenvalue weighted by Crippen LogP contribution is -2.23. The highest BCUT2D eigenvalue weighted by molar-refractivity contribution is 4.91. The van der Waals surface area contributed by atoms with E-state index in [1.54, 1.807) is 0 Å². The van der Waals surface area contributed by atoms with Gasteiger partial charge in [-0.25, -0.2) is 0 Å². The summed E-state index contributed by atoms with van der Waals surface area (Å²) in [5, 5.41) is 3.38. The third kappa shape index (κ3) is 7.60. The van der Waals surface area contributed by atoms with Gasteiger partial charge in [-0.2, -0.15) is 0 Å². The zero-order chi connectivity index (χ0) is 8.69. The molecule has 0 bridgehead atoms. The molecule has 0 atom stereocenters. The Morgan fingerprint density at radius 2 is 2.09 bits per heavy atom. The van der Waals surface area contributed by atoms with Gasteiger partial charge in [0.15, 0.2) is 0 Å². The van der Waals surface area contributed by atoms with Crippen molar-refractivity contribution in [1.29, 1.82) is 0 Å². The van der Waals surface area contributed by atoms with Crippen LogP contribution in [0.4, 0.5) is 0 Å². The fourth-order valence-corrected chi connectivity index (χ4v) is 0.906. The van der Waals surface area contributed by atoms with Gasteiger partial charge in [0.2, 0.25) is 0 Å². The molecular formula is C10H21N. The Kier molecular flexibility index (Phi) is 6.24. The summed E-state index contributed by atoms with van der Waals surface area (Å²) in [7, 11) is 0. The molecule has 0 radical (unpaired) electrons. The van der Waals surface area contributed by atoms with Crippen molar-refractivity contribution in [3.63, 3.8) is 0 Å². The fraction of sp³-hybridized carbons (Fsp3) is 0.800. The van der Waals surface area contributed by atoms with E-state index in [0.29, 0.717) is 6.04 Å². The zero-order valence-corrected chi connectivity index (χ0v) is 8.11. The molecule has 0 aromatic rings. The van der Waals surface area contributed by atoms with E-state index in [2.05, 4.69) is 32.7 Å². The van der Waals surface area contributed by atoms with Gasteiger partial charge in [-0.15, -0.1) is 0 Å². The van der Waals surface area contributed by atoms with Crippen LogP contribution in [0.5, 0.6) is 0 Å². The van der Waals surface area contributed by atoms with Crippen LogP contribution in [0.3, 0.4) is 0 Å². The van der Waals surface area contributed by atoms with E-state index < -0.39 is 0 Å². The van der Waals surface area contributed by atoms with E-state index in [-0.39, 0.29) is 0 Å². The lowest BCUT2D eigenvalue weighted by molar-refractivity contribution is 0.568.